The van der Waals surface area contributed by atoms with Crippen molar-refractivity contribution in [1.29, 1.82) is 0 Å². The number of likely N-dealkylation sites (tertiary alicyclic amines) is 1. The topological polar surface area (TPSA) is 48.1 Å². The van der Waals surface area contributed by atoms with Crippen molar-refractivity contribution in [3.05, 3.63) is 24.0 Å². The monoisotopic (exact) mass is 221 g/mol. The lowest BCUT2D eigenvalue weighted by Crippen LogP contribution is -2.43. The smallest absolute Gasteiger partial charge is 0.219 e. The molecule has 1 aliphatic rings. The quantitative estimate of drug-likeness (QED) is 0.803. The maximum atomic E-state index is 11.2. The minimum absolute atomic E-state index is 0.197. The van der Waals surface area contributed by atoms with Crippen LogP contribution in [0.5, 0.6) is 0 Å². The van der Waals surface area contributed by atoms with E-state index in [1.54, 1.807) is 6.92 Å². The Morgan fingerprint density at radius 2 is 2.31 bits per heavy atom. The molecule has 1 fully saturated rings. The average molecular weight is 221 g/mol. The van der Waals surface area contributed by atoms with E-state index in [0.717, 1.165) is 32.5 Å². The molecule has 0 aromatic carbocycles. The molecule has 2 N–H and O–H groups in total. The van der Waals surface area contributed by atoms with Crippen LogP contribution in [0.1, 0.15) is 25.5 Å². The number of carbonyl (C=O) groups is 1. The number of hydrogen-bond donors (Lipinski definition) is 2. The van der Waals surface area contributed by atoms with Gasteiger partial charge in [-0.25, -0.2) is 0 Å². The van der Waals surface area contributed by atoms with E-state index in [4.69, 9.17) is 0 Å². The van der Waals surface area contributed by atoms with Gasteiger partial charge in [0, 0.05) is 44.5 Å². The summed E-state index contributed by atoms with van der Waals surface area (Å²) in [7, 11) is 0. The summed E-state index contributed by atoms with van der Waals surface area (Å²) in [5.74, 6) is 0.197. The number of aromatic nitrogens is 1. The van der Waals surface area contributed by atoms with Crippen LogP contribution in [0.3, 0.4) is 0 Å². The van der Waals surface area contributed by atoms with Crippen molar-refractivity contribution in [2.45, 2.75) is 32.4 Å². The number of carbonyl (C=O) groups excluding carboxylic acids is 1. The van der Waals surface area contributed by atoms with E-state index in [0.29, 0.717) is 6.04 Å². The van der Waals surface area contributed by atoms with Crippen LogP contribution in [0.25, 0.3) is 0 Å². The second-order valence-electron chi connectivity index (χ2n) is 4.36. The van der Waals surface area contributed by atoms with E-state index < -0.39 is 0 Å². The molecule has 0 radical (unpaired) electrons. The summed E-state index contributed by atoms with van der Waals surface area (Å²) in [5, 5.41) is 3.51. The Kier molecular flexibility index (Phi) is 3.62. The van der Waals surface area contributed by atoms with E-state index in [2.05, 4.69) is 16.4 Å². The van der Waals surface area contributed by atoms with Crippen LogP contribution in [0.15, 0.2) is 18.3 Å². The zero-order valence-corrected chi connectivity index (χ0v) is 9.70. The van der Waals surface area contributed by atoms with Gasteiger partial charge in [0.1, 0.15) is 0 Å². The van der Waals surface area contributed by atoms with E-state index in [1.165, 1.54) is 5.69 Å². The summed E-state index contributed by atoms with van der Waals surface area (Å²) in [6, 6.07) is 4.63. The van der Waals surface area contributed by atoms with Crippen molar-refractivity contribution in [2.75, 3.05) is 13.1 Å². The highest BCUT2D eigenvalue weighted by atomic mass is 16.2. The van der Waals surface area contributed by atoms with Gasteiger partial charge in [0.05, 0.1) is 0 Å². The third kappa shape index (κ3) is 2.85. The number of rotatable bonds is 3. The second kappa shape index (κ2) is 5.16. The van der Waals surface area contributed by atoms with Crippen LogP contribution in [0.2, 0.25) is 0 Å². The third-order valence-corrected chi connectivity index (χ3v) is 3.18. The molecule has 0 unspecified atom stereocenters. The summed E-state index contributed by atoms with van der Waals surface area (Å²) >= 11 is 0. The van der Waals surface area contributed by atoms with Gasteiger partial charge in [-0.2, -0.15) is 0 Å². The van der Waals surface area contributed by atoms with Crippen molar-refractivity contribution < 1.29 is 4.79 Å². The first-order chi connectivity index (χ1) is 7.75. The van der Waals surface area contributed by atoms with Crippen molar-refractivity contribution in [2.24, 2.45) is 0 Å². The van der Waals surface area contributed by atoms with Crippen LogP contribution in [0, 0.1) is 0 Å². The molecule has 4 heteroatoms. The molecule has 1 aliphatic heterocycles. The number of nitrogens with zero attached hydrogens (tertiary/aromatic N) is 1. The van der Waals surface area contributed by atoms with Gasteiger partial charge in [-0.05, 0) is 25.0 Å². The van der Waals surface area contributed by atoms with Gasteiger partial charge in [0.15, 0.2) is 0 Å². The minimum atomic E-state index is 0.197. The Morgan fingerprint density at radius 1 is 1.56 bits per heavy atom. The summed E-state index contributed by atoms with van der Waals surface area (Å²) in [6.07, 6.45) is 4.05. The predicted octanol–water partition coefficient (Wildman–Crippen LogP) is 1.12. The average Bonchev–Trinajstić information content (AvgIpc) is 2.80. The lowest BCUT2D eigenvalue weighted by Gasteiger charge is -2.31. The molecule has 0 bridgehead atoms. The molecule has 1 saturated heterocycles. The first kappa shape index (κ1) is 11.2. The number of nitrogens with one attached hydrogen (secondary N) is 2. The Balaban J connectivity index is 1.71. The Morgan fingerprint density at radius 3 is 2.88 bits per heavy atom. The number of piperidine rings is 1. The molecule has 16 heavy (non-hydrogen) atoms. The van der Waals surface area contributed by atoms with E-state index in [-0.39, 0.29) is 5.91 Å². The Hall–Kier alpha value is -1.29. The van der Waals surface area contributed by atoms with Crippen LogP contribution in [0.4, 0.5) is 0 Å². The number of hydrogen-bond acceptors (Lipinski definition) is 2. The highest BCUT2D eigenvalue weighted by Gasteiger charge is 2.19. The molecular formula is C12H19N3O. The summed E-state index contributed by atoms with van der Waals surface area (Å²) < 4.78 is 0. The lowest BCUT2D eigenvalue weighted by molar-refractivity contribution is -0.129. The number of amides is 1. The molecule has 1 aromatic rings. The summed E-state index contributed by atoms with van der Waals surface area (Å²) in [4.78, 5) is 16.3. The summed E-state index contributed by atoms with van der Waals surface area (Å²) in [6.45, 7) is 4.31. The first-order valence-corrected chi connectivity index (χ1v) is 5.87. The van der Waals surface area contributed by atoms with Crippen molar-refractivity contribution in [3.63, 3.8) is 0 Å². The van der Waals surface area contributed by atoms with Crippen LogP contribution in [-0.2, 0) is 11.3 Å². The fourth-order valence-corrected chi connectivity index (χ4v) is 2.13. The normalized spacial score (nSPS) is 17.7. The SMILES string of the molecule is CC(=O)N1CCC(NCc2ccc[nH]2)CC1. The Bertz CT molecular complexity index is 326. The van der Waals surface area contributed by atoms with E-state index in [1.807, 2.05) is 17.2 Å². The van der Waals surface area contributed by atoms with Gasteiger partial charge in [0.2, 0.25) is 5.91 Å². The van der Waals surface area contributed by atoms with Gasteiger partial charge in [-0.15, -0.1) is 0 Å². The molecule has 1 aromatic heterocycles. The highest BCUT2D eigenvalue weighted by Crippen LogP contribution is 2.10. The molecule has 0 saturated carbocycles. The van der Waals surface area contributed by atoms with Crippen molar-refractivity contribution >= 4 is 5.91 Å². The molecular weight excluding hydrogens is 202 g/mol. The number of aromatic amines is 1. The van der Waals surface area contributed by atoms with E-state index in [9.17, 15) is 4.79 Å². The zero-order valence-electron chi connectivity index (χ0n) is 9.70. The third-order valence-electron chi connectivity index (χ3n) is 3.18. The molecule has 4 nitrogen and oxygen atoms in total. The Labute approximate surface area is 96.0 Å². The van der Waals surface area contributed by atoms with Gasteiger partial charge in [0.25, 0.3) is 0 Å². The van der Waals surface area contributed by atoms with Gasteiger partial charge in [-0.1, -0.05) is 0 Å². The highest BCUT2D eigenvalue weighted by molar-refractivity contribution is 5.73. The fraction of sp³-hybridized carbons (Fsp3) is 0.583. The molecule has 0 spiro atoms. The van der Waals surface area contributed by atoms with E-state index >= 15 is 0 Å². The van der Waals surface area contributed by atoms with Crippen molar-refractivity contribution in [1.82, 2.24) is 15.2 Å². The van der Waals surface area contributed by atoms with Gasteiger partial charge in [-0.3, -0.25) is 4.79 Å². The van der Waals surface area contributed by atoms with Gasteiger partial charge >= 0.3 is 0 Å². The standard InChI is InChI=1S/C12H19N3O/c1-10(16)15-7-4-11(5-8-15)14-9-12-3-2-6-13-12/h2-3,6,11,13-14H,4-5,7-9H2,1H3. The van der Waals surface area contributed by atoms with Crippen molar-refractivity contribution in [3.8, 4) is 0 Å². The second-order valence-corrected chi connectivity index (χ2v) is 4.36. The lowest BCUT2D eigenvalue weighted by atomic mass is 10.1. The van der Waals surface area contributed by atoms with Crippen LogP contribution in [-0.4, -0.2) is 34.9 Å². The predicted molar refractivity (Wildman–Crippen MR) is 62.9 cm³/mol. The maximum absolute atomic E-state index is 11.2. The largest absolute Gasteiger partial charge is 0.364 e. The van der Waals surface area contributed by atoms with Crippen LogP contribution >= 0.6 is 0 Å². The first-order valence-electron chi connectivity index (χ1n) is 5.87. The molecule has 0 aliphatic carbocycles. The molecule has 2 rings (SSSR count). The summed E-state index contributed by atoms with van der Waals surface area (Å²) in [5.41, 5.74) is 1.22. The maximum Gasteiger partial charge on any atom is 0.219 e. The molecule has 2 heterocycles. The fourth-order valence-electron chi connectivity index (χ4n) is 2.13. The molecule has 0 atom stereocenters. The molecule has 1 amide bonds. The minimum Gasteiger partial charge on any atom is -0.364 e. The van der Waals surface area contributed by atoms with Gasteiger partial charge < -0.3 is 15.2 Å². The number of H-pyrrole nitrogens is 1. The molecule has 88 valence electrons. The van der Waals surface area contributed by atoms with Crippen LogP contribution < -0.4 is 5.32 Å². The zero-order chi connectivity index (χ0) is 11.4.